The Balaban J connectivity index is 1.76. The van der Waals surface area contributed by atoms with Gasteiger partial charge < -0.3 is 9.64 Å². The number of fused-ring (bicyclic) bond motifs is 2. The van der Waals surface area contributed by atoms with Crippen LogP contribution in [0.4, 0.5) is 0 Å². The largest absolute Gasteiger partial charge is 0.497 e. The molecule has 2 aliphatic rings. The summed E-state index contributed by atoms with van der Waals surface area (Å²) in [5.41, 5.74) is 2.72. The number of methoxy groups -OCH3 is 1. The fourth-order valence-electron chi connectivity index (χ4n) is 3.71. The second-order valence-electron chi connectivity index (χ2n) is 6.82. The molecule has 1 fully saturated rings. The van der Waals surface area contributed by atoms with Crippen LogP contribution in [0.15, 0.2) is 46.2 Å². The summed E-state index contributed by atoms with van der Waals surface area (Å²) < 4.78 is 5.46. The molecule has 2 heterocycles. The maximum atomic E-state index is 6.36. The van der Waals surface area contributed by atoms with E-state index in [1.54, 1.807) is 7.11 Å². The molecule has 0 amide bonds. The molecule has 0 aromatic heterocycles. The Morgan fingerprint density at radius 3 is 2.56 bits per heavy atom. The Morgan fingerprint density at radius 2 is 1.80 bits per heavy atom. The van der Waals surface area contributed by atoms with E-state index in [9.17, 15) is 0 Å². The van der Waals surface area contributed by atoms with Crippen molar-refractivity contribution in [3.63, 3.8) is 0 Å². The van der Waals surface area contributed by atoms with Crippen molar-refractivity contribution < 1.29 is 4.74 Å². The monoisotopic (exact) mass is 374 g/mol. The molecule has 2 aromatic carbocycles. The fourth-order valence-corrected chi connectivity index (χ4v) is 4.99. The van der Waals surface area contributed by atoms with Crippen LogP contribution in [0.3, 0.4) is 0 Å². The molecule has 0 saturated carbocycles. The van der Waals surface area contributed by atoms with Gasteiger partial charge >= 0.3 is 0 Å². The summed E-state index contributed by atoms with van der Waals surface area (Å²) in [6.07, 6.45) is 0.997. The van der Waals surface area contributed by atoms with E-state index >= 15 is 0 Å². The molecule has 132 valence electrons. The van der Waals surface area contributed by atoms with Crippen LogP contribution in [0, 0.1) is 0 Å². The summed E-state index contributed by atoms with van der Waals surface area (Å²) in [5.74, 6) is 0.931. The van der Waals surface area contributed by atoms with Crippen LogP contribution in [0.25, 0.3) is 0 Å². The standard InChI is InChI=1S/C20H23ClN2OS/c1-22-7-9-23(10-8-22)18-12-14-11-16(24-2)4-6-19(14)25-20-5-3-15(21)13-17(18)20/h3-6,11,13,18H,7-10,12H2,1-2H3. The minimum atomic E-state index is 0.364. The lowest BCUT2D eigenvalue weighted by atomic mass is 9.96. The molecule has 0 radical (unpaired) electrons. The van der Waals surface area contributed by atoms with E-state index in [0.717, 1.165) is 43.4 Å². The minimum absolute atomic E-state index is 0.364. The van der Waals surface area contributed by atoms with Crippen molar-refractivity contribution >= 4 is 23.4 Å². The number of hydrogen-bond acceptors (Lipinski definition) is 4. The van der Waals surface area contributed by atoms with Gasteiger partial charge in [0.05, 0.1) is 7.11 Å². The number of rotatable bonds is 2. The zero-order chi connectivity index (χ0) is 17.4. The van der Waals surface area contributed by atoms with Gasteiger partial charge in [-0.25, -0.2) is 0 Å². The van der Waals surface area contributed by atoms with Gasteiger partial charge in [-0.1, -0.05) is 23.4 Å². The Labute approximate surface area is 158 Å². The Morgan fingerprint density at radius 1 is 1.04 bits per heavy atom. The third kappa shape index (κ3) is 3.54. The first-order valence-electron chi connectivity index (χ1n) is 8.71. The van der Waals surface area contributed by atoms with Gasteiger partial charge in [0.25, 0.3) is 0 Å². The van der Waals surface area contributed by atoms with E-state index in [2.05, 4.69) is 47.2 Å². The molecule has 0 bridgehead atoms. The van der Waals surface area contributed by atoms with Crippen molar-refractivity contribution in [2.45, 2.75) is 22.3 Å². The molecule has 5 heteroatoms. The first-order valence-corrected chi connectivity index (χ1v) is 9.90. The van der Waals surface area contributed by atoms with Gasteiger partial charge in [-0.3, -0.25) is 4.90 Å². The van der Waals surface area contributed by atoms with Gasteiger partial charge in [-0.2, -0.15) is 0 Å². The second kappa shape index (κ2) is 7.20. The summed E-state index contributed by atoms with van der Waals surface area (Å²) in [6, 6.07) is 13.1. The van der Waals surface area contributed by atoms with Crippen molar-refractivity contribution in [3.05, 3.63) is 52.5 Å². The molecule has 0 spiro atoms. The first kappa shape index (κ1) is 17.2. The number of hydrogen-bond donors (Lipinski definition) is 0. The number of halogens is 1. The molecule has 0 aliphatic carbocycles. The third-order valence-electron chi connectivity index (χ3n) is 5.21. The highest BCUT2D eigenvalue weighted by atomic mass is 35.5. The number of piperazine rings is 1. The third-order valence-corrected chi connectivity index (χ3v) is 6.66. The summed E-state index contributed by atoms with van der Waals surface area (Å²) >= 11 is 8.21. The van der Waals surface area contributed by atoms with Gasteiger partial charge in [-0.05, 0) is 61.0 Å². The maximum Gasteiger partial charge on any atom is 0.119 e. The predicted octanol–water partition coefficient (Wildman–Crippen LogP) is 4.34. The fraction of sp³-hybridized carbons (Fsp3) is 0.400. The van der Waals surface area contributed by atoms with E-state index in [1.807, 2.05) is 17.8 Å². The summed E-state index contributed by atoms with van der Waals surface area (Å²) in [5, 5.41) is 0.821. The maximum absolute atomic E-state index is 6.36. The molecule has 25 heavy (non-hydrogen) atoms. The van der Waals surface area contributed by atoms with Crippen molar-refractivity contribution in [2.24, 2.45) is 0 Å². The predicted molar refractivity (Wildman–Crippen MR) is 104 cm³/mol. The molecule has 1 saturated heterocycles. The van der Waals surface area contributed by atoms with E-state index in [0.29, 0.717) is 6.04 Å². The van der Waals surface area contributed by atoms with E-state index in [1.165, 1.54) is 20.9 Å². The Hall–Kier alpha value is -1.20. The van der Waals surface area contributed by atoms with E-state index in [4.69, 9.17) is 16.3 Å². The molecule has 2 aliphatic heterocycles. The number of nitrogens with zero attached hydrogens (tertiary/aromatic N) is 2. The lowest BCUT2D eigenvalue weighted by molar-refractivity contribution is 0.110. The van der Waals surface area contributed by atoms with E-state index in [-0.39, 0.29) is 0 Å². The summed E-state index contributed by atoms with van der Waals surface area (Å²) in [7, 11) is 3.93. The van der Waals surface area contributed by atoms with Gasteiger partial charge in [0.1, 0.15) is 5.75 Å². The van der Waals surface area contributed by atoms with Crippen molar-refractivity contribution in [2.75, 3.05) is 40.3 Å². The number of benzene rings is 2. The zero-order valence-corrected chi connectivity index (χ0v) is 16.2. The minimum Gasteiger partial charge on any atom is -0.497 e. The highest BCUT2D eigenvalue weighted by molar-refractivity contribution is 7.99. The lowest BCUT2D eigenvalue weighted by Gasteiger charge is -2.38. The lowest BCUT2D eigenvalue weighted by Crippen LogP contribution is -2.46. The quantitative estimate of drug-likeness (QED) is 0.776. The van der Waals surface area contributed by atoms with Crippen LogP contribution in [0.5, 0.6) is 5.75 Å². The Bertz CT molecular complexity index is 774. The molecule has 1 unspecified atom stereocenters. The van der Waals surface area contributed by atoms with Gasteiger partial charge in [0.15, 0.2) is 0 Å². The van der Waals surface area contributed by atoms with Crippen molar-refractivity contribution in [3.8, 4) is 5.75 Å². The SMILES string of the molecule is COc1ccc2c(c1)CC(N1CCN(C)CC1)c1cc(Cl)ccc1S2. The smallest absolute Gasteiger partial charge is 0.119 e. The van der Waals surface area contributed by atoms with Gasteiger partial charge in [0, 0.05) is 47.0 Å². The normalized spacial score (nSPS) is 21.3. The summed E-state index contributed by atoms with van der Waals surface area (Å²) in [6.45, 7) is 4.42. The average Bonchev–Trinajstić information content (AvgIpc) is 2.78. The van der Waals surface area contributed by atoms with Crippen LogP contribution in [0.2, 0.25) is 5.02 Å². The van der Waals surface area contributed by atoms with Crippen LogP contribution < -0.4 is 4.74 Å². The van der Waals surface area contributed by atoms with Crippen LogP contribution >= 0.6 is 23.4 Å². The number of ether oxygens (including phenoxy) is 1. The molecular formula is C20H23ClN2OS. The molecule has 2 aromatic rings. The molecule has 0 N–H and O–H groups in total. The zero-order valence-electron chi connectivity index (χ0n) is 14.7. The molecule has 4 rings (SSSR count). The van der Waals surface area contributed by atoms with Crippen molar-refractivity contribution in [1.29, 1.82) is 0 Å². The highest BCUT2D eigenvalue weighted by Crippen LogP contribution is 2.44. The van der Waals surface area contributed by atoms with Crippen LogP contribution in [0.1, 0.15) is 17.2 Å². The second-order valence-corrected chi connectivity index (χ2v) is 8.34. The first-order chi connectivity index (χ1) is 12.1. The number of likely N-dealkylation sites (N-methyl/N-ethyl adjacent to an activating group) is 1. The molecule has 1 atom stereocenters. The average molecular weight is 375 g/mol. The molecular weight excluding hydrogens is 352 g/mol. The topological polar surface area (TPSA) is 15.7 Å². The highest BCUT2D eigenvalue weighted by Gasteiger charge is 2.29. The summed E-state index contributed by atoms with van der Waals surface area (Å²) in [4.78, 5) is 7.65. The molecule has 3 nitrogen and oxygen atoms in total. The van der Waals surface area contributed by atoms with Gasteiger partial charge in [-0.15, -0.1) is 0 Å². The Kier molecular flexibility index (Phi) is 4.96. The van der Waals surface area contributed by atoms with Gasteiger partial charge in [0.2, 0.25) is 0 Å². The van der Waals surface area contributed by atoms with Crippen LogP contribution in [-0.4, -0.2) is 50.1 Å². The van der Waals surface area contributed by atoms with Crippen molar-refractivity contribution in [1.82, 2.24) is 9.80 Å². The van der Waals surface area contributed by atoms with E-state index < -0.39 is 0 Å². The van der Waals surface area contributed by atoms with Crippen LogP contribution in [-0.2, 0) is 6.42 Å².